The van der Waals surface area contributed by atoms with Crippen LogP contribution in [0.4, 0.5) is 5.69 Å². The van der Waals surface area contributed by atoms with Gasteiger partial charge in [0, 0.05) is 35.6 Å². The number of pyridine rings is 2. The number of nitro groups is 1. The van der Waals surface area contributed by atoms with Crippen LogP contribution in [-0.2, 0) is 37.8 Å². The molecule has 2 aliphatic heterocycles. The minimum atomic E-state index is -1.74. The van der Waals surface area contributed by atoms with E-state index in [2.05, 4.69) is 4.98 Å². The van der Waals surface area contributed by atoms with Crippen molar-refractivity contribution < 1.29 is 24.0 Å². The number of nitro benzene ring substituents is 1. The summed E-state index contributed by atoms with van der Waals surface area (Å²) in [5.41, 5.74) is -0.00677. The number of nitrogens with zero attached hydrogens (tertiary/aromatic N) is 3. The average Bonchev–Trinajstić information content (AvgIpc) is 3.15. The van der Waals surface area contributed by atoms with Crippen LogP contribution in [0.2, 0.25) is 5.02 Å². The fourth-order valence-electron chi connectivity index (χ4n) is 4.54. The molecule has 2 aliphatic rings. The standard InChI is InChI=1S/C22H16ClN3O7/c1-3-22(33-10(2)27)15-7-17-19-13(8-25(17)20(28)14(15)9-32-21(22)29)18(23)12-6-11(26(30)31)4-5-16(12)24-19/h4-7H,3,8-9H2,1-2H3. The van der Waals surface area contributed by atoms with Crippen LogP contribution in [0.5, 0.6) is 0 Å². The molecule has 0 saturated carbocycles. The van der Waals surface area contributed by atoms with Crippen molar-refractivity contribution >= 4 is 40.1 Å². The van der Waals surface area contributed by atoms with Gasteiger partial charge in [-0.3, -0.25) is 19.7 Å². The van der Waals surface area contributed by atoms with Crippen LogP contribution in [0.1, 0.15) is 37.0 Å². The highest BCUT2D eigenvalue weighted by Gasteiger charge is 2.50. The highest BCUT2D eigenvalue weighted by molar-refractivity contribution is 6.36. The van der Waals surface area contributed by atoms with Gasteiger partial charge in [0.15, 0.2) is 0 Å². The Balaban J connectivity index is 1.78. The van der Waals surface area contributed by atoms with Gasteiger partial charge in [0.05, 0.1) is 39.0 Å². The second kappa shape index (κ2) is 7.11. The molecule has 0 aliphatic carbocycles. The molecular weight excluding hydrogens is 454 g/mol. The number of cyclic esters (lactones) is 1. The summed E-state index contributed by atoms with van der Waals surface area (Å²) >= 11 is 6.61. The lowest BCUT2D eigenvalue weighted by Crippen LogP contribution is -2.47. The first-order valence-corrected chi connectivity index (χ1v) is 10.5. The Morgan fingerprint density at radius 1 is 1.33 bits per heavy atom. The van der Waals surface area contributed by atoms with Crippen molar-refractivity contribution in [2.45, 2.75) is 39.0 Å². The van der Waals surface area contributed by atoms with Crippen molar-refractivity contribution in [1.29, 1.82) is 0 Å². The lowest BCUT2D eigenvalue weighted by molar-refractivity contribution is -0.384. The van der Waals surface area contributed by atoms with E-state index in [0.29, 0.717) is 27.9 Å². The SMILES string of the molecule is CCC1(OC(C)=O)C(=O)OCc2c1cc1n(c2=O)Cc2c-1nc1ccc([N+](=O)[O-])cc1c2Cl. The zero-order valence-corrected chi connectivity index (χ0v) is 18.3. The van der Waals surface area contributed by atoms with Gasteiger partial charge in [0.2, 0.25) is 5.60 Å². The first-order chi connectivity index (χ1) is 15.7. The molecule has 33 heavy (non-hydrogen) atoms. The van der Waals surface area contributed by atoms with Gasteiger partial charge in [-0.2, -0.15) is 0 Å². The van der Waals surface area contributed by atoms with Gasteiger partial charge in [-0.1, -0.05) is 18.5 Å². The number of esters is 2. The Labute approximate surface area is 190 Å². The molecule has 0 saturated heterocycles. The number of carbonyl (C=O) groups is 2. The number of hydrogen-bond acceptors (Lipinski definition) is 8. The number of halogens is 1. The Hall–Kier alpha value is -3.79. The largest absolute Gasteiger partial charge is 0.457 e. The van der Waals surface area contributed by atoms with Gasteiger partial charge in [-0.25, -0.2) is 9.78 Å². The number of rotatable bonds is 3. The van der Waals surface area contributed by atoms with E-state index < -0.39 is 28.0 Å². The molecule has 0 N–H and O–H groups in total. The van der Waals surface area contributed by atoms with E-state index >= 15 is 0 Å². The third-order valence-corrected chi connectivity index (χ3v) is 6.53. The maximum atomic E-state index is 13.4. The quantitative estimate of drug-likeness (QED) is 0.254. The van der Waals surface area contributed by atoms with Gasteiger partial charge < -0.3 is 14.0 Å². The smallest absolute Gasteiger partial charge is 0.355 e. The fourth-order valence-corrected chi connectivity index (χ4v) is 4.84. The molecule has 10 nitrogen and oxygen atoms in total. The number of aromatic nitrogens is 2. The van der Waals surface area contributed by atoms with Crippen molar-refractivity contribution in [1.82, 2.24) is 9.55 Å². The van der Waals surface area contributed by atoms with Crippen molar-refractivity contribution in [3.63, 3.8) is 0 Å². The maximum absolute atomic E-state index is 13.4. The molecule has 0 amide bonds. The number of non-ortho nitro benzene ring substituents is 1. The number of benzene rings is 1. The van der Waals surface area contributed by atoms with Gasteiger partial charge in [0.25, 0.3) is 11.2 Å². The fraction of sp³-hybridized carbons (Fsp3) is 0.273. The molecule has 168 valence electrons. The second-order valence-electron chi connectivity index (χ2n) is 7.87. The zero-order valence-electron chi connectivity index (χ0n) is 17.5. The van der Waals surface area contributed by atoms with Gasteiger partial charge in [-0.15, -0.1) is 0 Å². The van der Waals surface area contributed by atoms with E-state index in [1.54, 1.807) is 13.0 Å². The Morgan fingerprint density at radius 3 is 2.76 bits per heavy atom. The van der Waals surface area contributed by atoms with Crippen LogP contribution in [0.15, 0.2) is 29.1 Å². The Kier molecular flexibility index (Phi) is 4.54. The average molecular weight is 470 g/mol. The van der Waals surface area contributed by atoms with Crippen LogP contribution in [0.3, 0.4) is 0 Å². The van der Waals surface area contributed by atoms with Gasteiger partial charge >= 0.3 is 11.9 Å². The summed E-state index contributed by atoms with van der Waals surface area (Å²) in [7, 11) is 0. The summed E-state index contributed by atoms with van der Waals surface area (Å²) in [6, 6.07) is 5.78. The summed E-state index contributed by atoms with van der Waals surface area (Å²) in [5, 5.41) is 11.8. The molecule has 1 atom stereocenters. The van der Waals surface area contributed by atoms with Gasteiger partial charge in [-0.05, 0) is 18.6 Å². The van der Waals surface area contributed by atoms with E-state index in [0.717, 1.165) is 0 Å². The summed E-state index contributed by atoms with van der Waals surface area (Å²) in [5.74, 6) is -1.43. The summed E-state index contributed by atoms with van der Waals surface area (Å²) in [6.45, 7) is 2.69. The monoisotopic (exact) mass is 469 g/mol. The molecule has 11 heteroatoms. The normalized spacial score (nSPS) is 18.3. The predicted molar refractivity (Wildman–Crippen MR) is 116 cm³/mol. The van der Waals surface area contributed by atoms with E-state index in [4.69, 9.17) is 21.1 Å². The minimum absolute atomic E-state index is 0.0732. The predicted octanol–water partition coefficient (Wildman–Crippen LogP) is 3.21. The van der Waals surface area contributed by atoms with Crippen LogP contribution in [0, 0.1) is 10.1 Å². The summed E-state index contributed by atoms with van der Waals surface area (Å²) in [4.78, 5) is 53.2. The molecule has 2 aromatic heterocycles. The molecule has 3 aromatic rings. The maximum Gasteiger partial charge on any atom is 0.355 e. The molecule has 4 heterocycles. The second-order valence-corrected chi connectivity index (χ2v) is 8.25. The highest BCUT2D eigenvalue weighted by Crippen LogP contribution is 2.43. The van der Waals surface area contributed by atoms with Crippen molar-refractivity contribution in [2.75, 3.05) is 0 Å². The van der Waals surface area contributed by atoms with Crippen molar-refractivity contribution in [2.24, 2.45) is 0 Å². The van der Waals surface area contributed by atoms with E-state index in [-0.39, 0.29) is 41.4 Å². The number of fused-ring (bicyclic) bond motifs is 5. The molecule has 0 bridgehead atoms. The lowest BCUT2D eigenvalue weighted by atomic mass is 9.85. The topological polar surface area (TPSA) is 131 Å². The zero-order chi connectivity index (χ0) is 23.7. The Bertz CT molecular complexity index is 1480. The Morgan fingerprint density at radius 2 is 2.09 bits per heavy atom. The third-order valence-electron chi connectivity index (χ3n) is 6.10. The van der Waals surface area contributed by atoms with Crippen LogP contribution in [-0.4, -0.2) is 26.4 Å². The first-order valence-electron chi connectivity index (χ1n) is 10.1. The summed E-state index contributed by atoms with van der Waals surface area (Å²) in [6.07, 6.45) is 0.0732. The first kappa shape index (κ1) is 21.1. The number of carbonyl (C=O) groups excluding carboxylic acids is 2. The van der Waals surface area contributed by atoms with Crippen molar-refractivity contribution in [3.8, 4) is 11.4 Å². The molecule has 0 spiro atoms. The van der Waals surface area contributed by atoms with E-state index in [1.165, 1.54) is 29.7 Å². The molecule has 1 unspecified atom stereocenters. The third kappa shape index (κ3) is 2.87. The van der Waals surface area contributed by atoms with Crippen LogP contribution >= 0.6 is 11.6 Å². The van der Waals surface area contributed by atoms with E-state index in [1.807, 2.05) is 0 Å². The molecule has 1 aromatic carbocycles. The molecular formula is C22H16ClN3O7. The lowest BCUT2D eigenvalue weighted by Gasteiger charge is -2.35. The van der Waals surface area contributed by atoms with Crippen LogP contribution in [0.25, 0.3) is 22.3 Å². The number of hydrogen-bond donors (Lipinski definition) is 0. The number of ether oxygens (including phenoxy) is 2. The van der Waals surface area contributed by atoms with E-state index in [9.17, 15) is 24.5 Å². The molecule has 5 rings (SSSR count). The highest BCUT2D eigenvalue weighted by atomic mass is 35.5. The summed E-state index contributed by atoms with van der Waals surface area (Å²) < 4.78 is 12.1. The molecule has 0 radical (unpaired) electrons. The van der Waals surface area contributed by atoms with Crippen molar-refractivity contribution in [3.05, 3.63) is 66.4 Å². The molecule has 0 fully saturated rings. The minimum Gasteiger partial charge on any atom is -0.457 e. The van der Waals surface area contributed by atoms with Crippen LogP contribution < -0.4 is 5.56 Å². The van der Waals surface area contributed by atoms with Gasteiger partial charge in [0.1, 0.15) is 6.61 Å².